The summed E-state index contributed by atoms with van der Waals surface area (Å²) < 4.78 is 0. The van der Waals surface area contributed by atoms with Gasteiger partial charge in [-0.15, -0.1) is 35.8 Å². The number of benzene rings is 1. The number of hydrogen-bond donors (Lipinski definition) is 1. The third-order valence-corrected chi connectivity index (χ3v) is 4.32. The first kappa shape index (κ1) is 22.9. The summed E-state index contributed by atoms with van der Waals surface area (Å²) in [5, 5.41) is 4.32. The van der Waals surface area contributed by atoms with Crippen LogP contribution in [-0.4, -0.2) is 13.8 Å². The van der Waals surface area contributed by atoms with E-state index in [1.165, 1.54) is 10.8 Å². The van der Waals surface area contributed by atoms with Gasteiger partial charge in [0.05, 0.1) is 8.80 Å². The maximum Gasteiger partial charge on any atom is 4.00 e. The second kappa shape index (κ2) is 11.2. The SMILES string of the molecule is C[Si](C)c1cc2ccccc2[cH-]1.Cc1[c-][nH]cc1.[Cl-].[Cl-].[Ti+4]. The van der Waals surface area contributed by atoms with Gasteiger partial charge in [0.25, 0.3) is 0 Å². The number of hydrogen-bond acceptors (Lipinski definition) is 0. The van der Waals surface area contributed by atoms with Gasteiger partial charge in [-0.1, -0.05) is 26.1 Å². The van der Waals surface area contributed by atoms with Crippen molar-refractivity contribution < 1.29 is 46.5 Å². The number of aromatic amines is 1. The van der Waals surface area contributed by atoms with Crippen molar-refractivity contribution in [1.82, 2.24) is 4.98 Å². The smallest absolute Gasteiger partial charge is 1.00 e. The molecule has 0 atom stereocenters. The molecule has 3 rings (SSSR count). The van der Waals surface area contributed by atoms with Crippen molar-refractivity contribution in [3.63, 3.8) is 0 Å². The minimum atomic E-state index is -0.273. The van der Waals surface area contributed by atoms with Crippen LogP contribution in [0.2, 0.25) is 13.1 Å². The first-order valence-electron chi connectivity index (χ1n) is 6.14. The molecule has 0 amide bonds. The third-order valence-electron chi connectivity index (χ3n) is 2.88. The van der Waals surface area contributed by atoms with Crippen LogP contribution in [-0.2, 0) is 21.7 Å². The number of aryl methyl sites for hydroxylation is 1. The molecule has 1 N–H and O–H groups in total. The van der Waals surface area contributed by atoms with Crippen LogP contribution in [0.5, 0.6) is 0 Å². The molecule has 21 heavy (non-hydrogen) atoms. The summed E-state index contributed by atoms with van der Waals surface area (Å²) in [5.41, 5.74) is 1.16. The largest absolute Gasteiger partial charge is 4.00 e. The Hall–Kier alpha value is -0.379. The van der Waals surface area contributed by atoms with Crippen molar-refractivity contribution in [2.75, 3.05) is 0 Å². The zero-order valence-electron chi connectivity index (χ0n) is 12.4. The molecule has 0 aliphatic rings. The van der Waals surface area contributed by atoms with Crippen LogP contribution in [0, 0.1) is 13.1 Å². The summed E-state index contributed by atoms with van der Waals surface area (Å²) in [6.07, 6.45) is 4.73. The Labute approximate surface area is 156 Å². The van der Waals surface area contributed by atoms with Crippen molar-refractivity contribution in [2.24, 2.45) is 0 Å². The Morgan fingerprint density at radius 1 is 1.10 bits per heavy atom. The molecule has 1 nitrogen and oxygen atoms in total. The van der Waals surface area contributed by atoms with E-state index in [1.54, 1.807) is 5.19 Å². The summed E-state index contributed by atoms with van der Waals surface area (Å²) in [6, 6.07) is 15.2. The average Bonchev–Trinajstić information content (AvgIpc) is 2.97. The summed E-state index contributed by atoms with van der Waals surface area (Å²) in [7, 11) is -0.273. The molecule has 0 unspecified atom stereocenters. The third kappa shape index (κ3) is 6.94. The first-order valence-corrected chi connectivity index (χ1v) is 8.64. The van der Waals surface area contributed by atoms with E-state index in [0.29, 0.717) is 0 Å². The standard InChI is InChI=1S/C11H12Si.C5H6N.2ClH.Ti/c1-12(2)11-7-9-5-3-4-6-10(9)8-11;1-5-2-3-6-4-5;;;/h3-8H,1-2H3;2-3,6H,1H3;2*1H;/q2*-1;;;+4/p-2. The molecule has 3 aromatic rings. The molecule has 0 spiro atoms. The molecule has 1 aromatic heterocycles. The normalized spacial score (nSPS) is 8.95. The van der Waals surface area contributed by atoms with Gasteiger partial charge >= 0.3 is 21.7 Å². The van der Waals surface area contributed by atoms with Gasteiger partial charge in [0.1, 0.15) is 0 Å². The Morgan fingerprint density at radius 2 is 1.76 bits per heavy atom. The van der Waals surface area contributed by atoms with Crippen LogP contribution in [0.3, 0.4) is 0 Å². The Kier molecular flexibility index (Phi) is 12.2. The van der Waals surface area contributed by atoms with E-state index in [9.17, 15) is 0 Å². The van der Waals surface area contributed by atoms with Crippen LogP contribution in [0.4, 0.5) is 0 Å². The second-order valence-corrected chi connectivity index (χ2v) is 7.24. The molecule has 0 saturated carbocycles. The predicted octanol–water partition coefficient (Wildman–Crippen LogP) is -2.35. The van der Waals surface area contributed by atoms with Gasteiger partial charge < -0.3 is 29.8 Å². The van der Waals surface area contributed by atoms with Crippen molar-refractivity contribution in [1.29, 1.82) is 0 Å². The predicted molar refractivity (Wildman–Crippen MR) is 81.0 cm³/mol. The minimum Gasteiger partial charge on any atom is -1.00 e. The first-order chi connectivity index (χ1) is 8.66. The number of rotatable bonds is 1. The summed E-state index contributed by atoms with van der Waals surface area (Å²) >= 11 is 0. The van der Waals surface area contributed by atoms with Crippen LogP contribution < -0.4 is 30.0 Å². The number of fused-ring (bicyclic) bond motifs is 1. The average molecular weight is 371 g/mol. The molecule has 2 aromatic carbocycles. The van der Waals surface area contributed by atoms with Crippen molar-refractivity contribution in [3.05, 3.63) is 60.4 Å². The van der Waals surface area contributed by atoms with Gasteiger partial charge in [-0.2, -0.15) is 34.5 Å². The molecule has 1 radical (unpaired) electrons. The van der Waals surface area contributed by atoms with Gasteiger partial charge in [0.2, 0.25) is 0 Å². The topological polar surface area (TPSA) is 15.8 Å². The fraction of sp³-hybridized carbons (Fsp3) is 0.188. The van der Waals surface area contributed by atoms with Gasteiger partial charge in [0.15, 0.2) is 0 Å². The van der Waals surface area contributed by atoms with Crippen molar-refractivity contribution >= 4 is 24.8 Å². The number of aromatic nitrogens is 1. The van der Waals surface area contributed by atoms with E-state index >= 15 is 0 Å². The van der Waals surface area contributed by atoms with Crippen molar-refractivity contribution in [2.45, 2.75) is 20.0 Å². The fourth-order valence-corrected chi connectivity index (χ4v) is 2.69. The number of halogens is 2. The minimum absolute atomic E-state index is 0. The molecule has 1 heterocycles. The van der Waals surface area contributed by atoms with Gasteiger partial charge in [-0.25, -0.2) is 0 Å². The molecule has 0 aliphatic heterocycles. The van der Waals surface area contributed by atoms with Gasteiger partial charge in [-0.05, 0) is 0 Å². The maximum atomic E-state index is 2.88. The van der Waals surface area contributed by atoms with Crippen LogP contribution in [0.15, 0.2) is 48.7 Å². The van der Waals surface area contributed by atoms with E-state index in [-0.39, 0.29) is 55.3 Å². The molecule has 0 bridgehead atoms. The van der Waals surface area contributed by atoms with E-state index in [4.69, 9.17) is 0 Å². The maximum absolute atomic E-state index is 2.88. The van der Waals surface area contributed by atoms with Crippen LogP contribution >= 0.6 is 0 Å². The van der Waals surface area contributed by atoms with Gasteiger partial charge in [-0.3, -0.25) is 0 Å². The summed E-state index contributed by atoms with van der Waals surface area (Å²) in [4.78, 5) is 2.80. The Bertz CT molecular complexity index is 573. The zero-order chi connectivity index (χ0) is 13.0. The molecule has 0 fully saturated rings. The quantitative estimate of drug-likeness (QED) is 0.364. The van der Waals surface area contributed by atoms with E-state index in [0.717, 1.165) is 5.56 Å². The Balaban J connectivity index is 0. The van der Waals surface area contributed by atoms with Gasteiger partial charge in [0, 0.05) is 0 Å². The van der Waals surface area contributed by atoms with Crippen LogP contribution in [0.1, 0.15) is 5.56 Å². The summed E-state index contributed by atoms with van der Waals surface area (Å²) in [5.74, 6) is 0. The fourth-order valence-electron chi connectivity index (χ4n) is 1.80. The number of H-pyrrole nitrogens is 1. The molecule has 5 heteroatoms. The molecular weight excluding hydrogens is 353 g/mol. The van der Waals surface area contributed by atoms with Crippen LogP contribution in [0.25, 0.3) is 10.8 Å². The van der Waals surface area contributed by atoms with E-state index < -0.39 is 0 Å². The molecule has 0 saturated heterocycles. The summed E-state index contributed by atoms with van der Waals surface area (Å²) in [6.45, 7) is 6.66. The number of nitrogens with one attached hydrogen (secondary N) is 1. The second-order valence-electron chi connectivity index (χ2n) is 4.66. The Morgan fingerprint density at radius 3 is 2.19 bits per heavy atom. The van der Waals surface area contributed by atoms with E-state index in [2.05, 4.69) is 60.7 Å². The molecular formula is C16H18Cl2NSiTi. The van der Waals surface area contributed by atoms with E-state index in [1.807, 2.05) is 19.2 Å². The van der Waals surface area contributed by atoms with Crippen molar-refractivity contribution in [3.8, 4) is 0 Å². The molecule has 0 aliphatic carbocycles. The molecule has 109 valence electrons. The zero-order valence-corrected chi connectivity index (χ0v) is 16.4. The monoisotopic (exact) mass is 370 g/mol.